The normalized spacial score (nSPS) is 10.7. The minimum Gasteiger partial charge on any atom is -0.484 e. The summed E-state index contributed by atoms with van der Waals surface area (Å²) >= 11 is 6.01. The van der Waals surface area contributed by atoms with Gasteiger partial charge in [0.15, 0.2) is 6.61 Å². The highest BCUT2D eigenvalue weighted by atomic mass is 35.5. The van der Waals surface area contributed by atoms with Crippen molar-refractivity contribution in [2.75, 3.05) is 13.2 Å². The van der Waals surface area contributed by atoms with Gasteiger partial charge in [0.25, 0.3) is 5.91 Å². The third kappa shape index (κ3) is 4.89. The molecular weight excluding hydrogens is 378 g/mol. The lowest BCUT2D eigenvalue weighted by atomic mass is 10.1. The van der Waals surface area contributed by atoms with Crippen molar-refractivity contribution in [1.82, 2.24) is 15.0 Å². The SMILES string of the molecule is CCN(Cc1nc(-c2ccc(C)cc2)no1)C(=O)COc1ccc(Cl)c(C)c1. The molecule has 3 aromatic rings. The van der Waals surface area contributed by atoms with Crippen molar-refractivity contribution in [3.63, 3.8) is 0 Å². The third-order valence-electron chi connectivity index (χ3n) is 4.33. The molecule has 0 aliphatic rings. The summed E-state index contributed by atoms with van der Waals surface area (Å²) in [7, 11) is 0. The lowest BCUT2D eigenvalue weighted by molar-refractivity contribution is -0.134. The van der Waals surface area contributed by atoms with Crippen LogP contribution in [0.4, 0.5) is 0 Å². The van der Waals surface area contributed by atoms with E-state index < -0.39 is 0 Å². The molecule has 146 valence electrons. The third-order valence-corrected chi connectivity index (χ3v) is 4.75. The van der Waals surface area contributed by atoms with E-state index in [1.54, 1.807) is 23.1 Å². The first-order chi connectivity index (χ1) is 13.5. The van der Waals surface area contributed by atoms with Crippen LogP contribution in [0.2, 0.25) is 5.02 Å². The van der Waals surface area contributed by atoms with Gasteiger partial charge >= 0.3 is 0 Å². The van der Waals surface area contributed by atoms with Crippen LogP contribution in [0, 0.1) is 13.8 Å². The van der Waals surface area contributed by atoms with Crippen molar-refractivity contribution in [2.24, 2.45) is 0 Å². The van der Waals surface area contributed by atoms with Gasteiger partial charge in [0, 0.05) is 17.1 Å². The number of nitrogens with zero attached hydrogens (tertiary/aromatic N) is 3. The summed E-state index contributed by atoms with van der Waals surface area (Å²) in [5.41, 5.74) is 2.93. The second-order valence-electron chi connectivity index (χ2n) is 6.49. The summed E-state index contributed by atoms with van der Waals surface area (Å²) in [6.07, 6.45) is 0. The standard InChI is InChI=1S/C21H22ClN3O3/c1-4-25(20(26)13-27-17-9-10-18(22)15(3)11-17)12-19-23-21(24-28-19)16-7-5-14(2)6-8-16/h5-11H,4,12-13H2,1-3H3. The molecule has 0 unspecified atom stereocenters. The number of halogens is 1. The van der Waals surface area contributed by atoms with E-state index >= 15 is 0 Å². The summed E-state index contributed by atoms with van der Waals surface area (Å²) < 4.78 is 10.9. The van der Waals surface area contributed by atoms with Gasteiger partial charge in [0.05, 0.1) is 0 Å². The number of benzene rings is 2. The summed E-state index contributed by atoms with van der Waals surface area (Å²) in [4.78, 5) is 18.5. The van der Waals surface area contributed by atoms with Crippen LogP contribution in [0.5, 0.6) is 5.75 Å². The van der Waals surface area contributed by atoms with Gasteiger partial charge in [-0.1, -0.05) is 46.6 Å². The van der Waals surface area contributed by atoms with Gasteiger partial charge in [-0.3, -0.25) is 4.79 Å². The molecule has 0 spiro atoms. The zero-order valence-corrected chi connectivity index (χ0v) is 16.9. The van der Waals surface area contributed by atoms with Gasteiger partial charge in [-0.05, 0) is 44.5 Å². The Kier molecular flexibility index (Phi) is 6.31. The maximum Gasteiger partial charge on any atom is 0.260 e. The van der Waals surface area contributed by atoms with Crippen LogP contribution < -0.4 is 4.74 Å². The van der Waals surface area contributed by atoms with Crippen LogP contribution in [0.1, 0.15) is 23.9 Å². The van der Waals surface area contributed by atoms with E-state index in [1.165, 1.54) is 0 Å². The number of aryl methyl sites for hydroxylation is 2. The van der Waals surface area contributed by atoms with E-state index in [9.17, 15) is 4.79 Å². The molecule has 0 N–H and O–H groups in total. The highest BCUT2D eigenvalue weighted by molar-refractivity contribution is 6.31. The Morgan fingerprint density at radius 2 is 1.93 bits per heavy atom. The fraction of sp³-hybridized carbons (Fsp3) is 0.286. The molecule has 0 saturated carbocycles. The van der Waals surface area contributed by atoms with E-state index in [-0.39, 0.29) is 19.1 Å². The van der Waals surface area contributed by atoms with Gasteiger partial charge in [-0.2, -0.15) is 4.98 Å². The Bertz CT molecular complexity index is 954. The minimum absolute atomic E-state index is 0.0755. The maximum atomic E-state index is 12.5. The average Bonchev–Trinajstić information content (AvgIpc) is 3.16. The Labute approximate surface area is 169 Å². The molecule has 1 heterocycles. The number of amides is 1. The minimum atomic E-state index is -0.162. The molecule has 6 nitrogen and oxygen atoms in total. The molecule has 0 fully saturated rings. The van der Waals surface area contributed by atoms with Crippen LogP contribution >= 0.6 is 11.6 Å². The number of carbonyl (C=O) groups excluding carboxylic acids is 1. The first kappa shape index (κ1) is 19.9. The van der Waals surface area contributed by atoms with E-state index in [2.05, 4.69) is 10.1 Å². The zero-order valence-electron chi connectivity index (χ0n) is 16.1. The van der Waals surface area contributed by atoms with Crippen molar-refractivity contribution in [3.8, 4) is 17.1 Å². The molecule has 0 saturated heterocycles. The Morgan fingerprint density at radius 1 is 1.18 bits per heavy atom. The zero-order chi connectivity index (χ0) is 20.1. The molecule has 0 radical (unpaired) electrons. The van der Waals surface area contributed by atoms with E-state index in [4.69, 9.17) is 20.9 Å². The molecule has 0 atom stereocenters. The predicted molar refractivity (Wildman–Crippen MR) is 107 cm³/mol. The largest absolute Gasteiger partial charge is 0.484 e. The molecule has 1 amide bonds. The van der Waals surface area contributed by atoms with Crippen molar-refractivity contribution < 1.29 is 14.1 Å². The number of rotatable bonds is 7. The van der Waals surface area contributed by atoms with Crippen molar-refractivity contribution in [2.45, 2.75) is 27.3 Å². The van der Waals surface area contributed by atoms with E-state index in [0.29, 0.717) is 29.0 Å². The van der Waals surface area contributed by atoms with Gasteiger partial charge in [-0.25, -0.2) is 0 Å². The van der Waals surface area contributed by atoms with Crippen LogP contribution in [-0.2, 0) is 11.3 Å². The number of ether oxygens (including phenoxy) is 1. The van der Waals surface area contributed by atoms with Crippen molar-refractivity contribution in [1.29, 1.82) is 0 Å². The quantitative estimate of drug-likeness (QED) is 0.587. The summed E-state index contributed by atoms with van der Waals surface area (Å²) in [6, 6.07) is 13.2. The van der Waals surface area contributed by atoms with Crippen LogP contribution in [0.3, 0.4) is 0 Å². The number of hydrogen-bond donors (Lipinski definition) is 0. The van der Waals surface area contributed by atoms with Gasteiger partial charge in [-0.15, -0.1) is 0 Å². The molecule has 0 aliphatic heterocycles. The Hall–Kier alpha value is -2.86. The maximum absolute atomic E-state index is 12.5. The molecule has 3 rings (SSSR count). The fourth-order valence-electron chi connectivity index (χ4n) is 2.62. The smallest absolute Gasteiger partial charge is 0.260 e. The van der Waals surface area contributed by atoms with Crippen LogP contribution in [-0.4, -0.2) is 34.1 Å². The van der Waals surface area contributed by atoms with E-state index in [0.717, 1.165) is 16.7 Å². The number of aromatic nitrogens is 2. The van der Waals surface area contributed by atoms with Crippen molar-refractivity contribution >= 4 is 17.5 Å². The molecule has 0 aliphatic carbocycles. The van der Waals surface area contributed by atoms with Gasteiger partial charge in [0.1, 0.15) is 12.3 Å². The molecule has 0 bridgehead atoms. The highest BCUT2D eigenvalue weighted by Gasteiger charge is 2.17. The summed E-state index contributed by atoms with van der Waals surface area (Å²) in [6.45, 7) is 6.46. The lowest BCUT2D eigenvalue weighted by Crippen LogP contribution is -2.34. The second kappa shape index (κ2) is 8.89. The molecule has 1 aromatic heterocycles. The fourth-order valence-corrected chi connectivity index (χ4v) is 2.74. The topological polar surface area (TPSA) is 68.5 Å². The van der Waals surface area contributed by atoms with Crippen molar-refractivity contribution in [3.05, 3.63) is 64.5 Å². The number of hydrogen-bond acceptors (Lipinski definition) is 5. The second-order valence-corrected chi connectivity index (χ2v) is 6.89. The molecule has 2 aromatic carbocycles. The Balaban J connectivity index is 1.61. The molecule has 7 heteroatoms. The monoisotopic (exact) mass is 399 g/mol. The Morgan fingerprint density at radius 3 is 2.61 bits per heavy atom. The highest BCUT2D eigenvalue weighted by Crippen LogP contribution is 2.21. The van der Waals surface area contributed by atoms with Crippen LogP contribution in [0.15, 0.2) is 47.0 Å². The first-order valence-electron chi connectivity index (χ1n) is 9.02. The lowest BCUT2D eigenvalue weighted by Gasteiger charge is -2.19. The summed E-state index contributed by atoms with van der Waals surface area (Å²) in [5, 5.41) is 4.67. The molecule has 28 heavy (non-hydrogen) atoms. The first-order valence-corrected chi connectivity index (χ1v) is 9.40. The van der Waals surface area contributed by atoms with E-state index in [1.807, 2.05) is 45.0 Å². The predicted octanol–water partition coefficient (Wildman–Crippen LogP) is 4.43. The number of likely N-dealkylation sites (N-methyl/N-ethyl adjacent to an activating group) is 1. The van der Waals surface area contributed by atoms with Gasteiger partial charge < -0.3 is 14.2 Å². The average molecular weight is 400 g/mol. The van der Waals surface area contributed by atoms with Crippen LogP contribution in [0.25, 0.3) is 11.4 Å². The summed E-state index contributed by atoms with van der Waals surface area (Å²) in [5.74, 6) is 1.33. The van der Waals surface area contributed by atoms with Gasteiger partial charge in [0.2, 0.25) is 11.7 Å². The molecular formula is C21H22ClN3O3. The number of carbonyl (C=O) groups is 1.